The second-order valence-corrected chi connectivity index (χ2v) is 5.33. The number of primary amides is 1. The van der Waals surface area contributed by atoms with Crippen molar-refractivity contribution in [3.05, 3.63) is 0 Å². The van der Waals surface area contributed by atoms with Crippen LogP contribution < -0.4 is 16.4 Å². The quantitative estimate of drug-likeness (QED) is 0.483. The highest BCUT2D eigenvalue weighted by Gasteiger charge is 2.41. The number of hydrogen-bond donors (Lipinski definition) is 4. The van der Waals surface area contributed by atoms with Gasteiger partial charge in [-0.2, -0.15) is 0 Å². The van der Waals surface area contributed by atoms with E-state index in [1.807, 2.05) is 6.92 Å². The summed E-state index contributed by atoms with van der Waals surface area (Å²) in [4.78, 5) is 34.3. The molecule has 7 nitrogen and oxygen atoms in total. The molecule has 1 unspecified atom stereocenters. The van der Waals surface area contributed by atoms with Crippen LogP contribution in [0.3, 0.4) is 0 Å². The predicted octanol–water partition coefficient (Wildman–Crippen LogP) is -0.399. The molecule has 0 bridgehead atoms. The molecule has 1 aliphatic rings. The molecule has 0 radical (unpaired) electrons. The molecule has 0 spiro atoms. The number of aliphatic carboxylic acids is 1. The summed E-state index contributed by atoms with van der Waals surface area (Å²) < 4.78 is 0. The molecule has 0 aliphatic carbocycles. The molecule has 5 N–H and O–H groups in total. The maximum atomic E-state index is 12.4. The van der Waals surface area contributed by atoms with Crippen molar-refractivity contribution < 1.29 is 19.5 Å². The fourth-order valence-corrected chi connectivity index (χ4v) is 2.60. The Morgan fingerprint density at radius 2 is 2.15 bits per heavy atom. The van der Waals surface area contributed by atoms with Gasteiger partial charge in [0.05, 0.1) is 5.41 Å². The van der Waals surface area contributed by atoms with Crippen LogP contribution in [0, 0.1) is 5.41 Å². The maximum absolute atomic E-state index is 12.4. The smallest absolute Gasteiger partial charge is 0.326 e. The van der Waals surface area contributed by atoms with Crippen molar-refractivity contribution in [2.75, 3.05) is 13.1 Å². The van der Waals surface area contributed by atoms with Crippen LogP contribution in [0.5, 0.6) is 0 Å². The van der Waals surface area contributed by atoms with Crippen LogP contribution in [0.1, 0.15) is 39.0 Å². The van der Waals surface area contributed by atoms with Gasteiger partial charge >= 0.3 is 5.97 Å². The number of nitrogens with one attached hydrogen (secondary N) is 2. The molecule has 7 heteroatoms. The number of carbonyl (C=O) groups excluding carboxylic acids is 2. The van der Waals surface area contributed by atoms with Crippen LogP contribution in [0.25, 0.3) is 0 Å². The Kier molecular flexibility index (Phi) is 5.94. The minimum Gasteiger partial charge on any atom is -0.480 e. The lowest BCUT2D eigenvalue weighted by Crippen LogP contribution is -2.49. The average Bonchev–Trinajstić information content (AvgIpc) is 2.83. The number of hydrogen-bond acceptors (Lipinski definition) is 4. The second-order valence-electron chi connectivity index (χ2n) is 5.33. The van der Waals surface area contributed by atoms with Gasteiger partial charge in [-0.3, -0.25) is 9.59 Å². The molecular weight excluding hydrogens is 262 g/mol. The molecule has 0 aromatic carbocycles. The molecule has 1 rings (SSSR count). The zero-order valence-corrected chi connectivity index (χ0v) is 11.8. The molecule has 2 amide bonds. The number of rotatable bonds is 8. The molecule has 0 aromatic heterocycles. The number of carboxylic acid groups (broad SMARTS) is 1. The Morgan fingerprint density at radius 3 is 2.60 bits per heavy atom. The van der Waals surface area contributed by atoms with Crippen molar-refractivity contribution in [3.63, 3.8) is 0 Å². The van der Waals surface area contributed by atoms with E-state index in [4.69, 9.17) is 10.8 Å². The SMILES string of the molecule is CCCC1(C(=O)N[C@@H](CCC(N)=O)C(=O)O)CCNC1. The van der Waals surface area contributed by atoms with Crippen molar-refractivity contribution in [2.45, 2.75) is 45.1 Å². The van der Waals surface area contributed by atoms with Gasteiger partial charge in [-0.15, -0.1) is 0 Å². The summed E-state index contributed by atoms with van der Waals surface area (Å²) in [6.07, 6.45) is 2.24. The summed E-state index contributed by atoms with van der Waals surface area (Å²) in [6, 6.07) is -1.07. The van der Waals surface area contributed by atoms with Crippen molar-refractivity contribution in [1.82, 2.24) is 10.6 Å². The Morgan fingerprint density at radius 1 is 1.45 bits per heavy atom. The molecule has 0 aromatic rings. The van der Waals surface area contributed by atoms with Gasteiger partial charge in [0.15, 0.2) is 0 Å². The van der Waals surface area contributed by atoms with E-state index >= 15 is 0 Å². The van der Waals surface area contributed by atoms with E-state index in [0.717, 1.165) is 13.0 Å². The molecular formula is C13H23N3O4. The van der Waals surface area contributed by atoms with Gasteiger partial charge < -0.3 is 21.5 Å². The third kappa shape index (κ3) is 4.19. The third-order valence-corrected chi connectivity index (χ3v) is 3.74. The van der Waals surface area contributed by atoms with Gasteiger partial charge in [-0.25, -0.2) is 4.79 Å². The van der Waals surface area contributed by atoms with Crippen molar-refractivity contribution in [1.29, 1.82) is 0 Å². The van der Waals surface area contributed by atoms with Crippen LogP contribution in [-0.4, -0.2) is 42.0 Å². The third-order valence-electron chi connectivity index (χ3n) is 3.74. The molecule has 1 heterocycles. The number of amides is 2. The zero-order valence-electron chi connectivity index (χ0n) is 11.8. The van der Waals surface area contributed by atoms with Crippen molar-refractivity contribution >= 4 is 17.8 Å². The van der Waals surface area contributed by atoms with Crippen molar-refractivity contribution in [3.8, 4) is 0 Å². The zero-order chi connectivity index (χ0) is 15.2. The largest absolute Gasteiger partial charge is 0.480 e. The minimum absolute atomic E-state index is 0.0199. The number of carboxylic acids is 1. The highest BCUT2D eigenvalue weighted by atomic mass is 16.4. The summed E-state index contributed by atoms with van der Waals surface area (Å²) in [6.45, 7) is 3.32. The van der Waals surface area contributed by atoms with E-state index in [9.17, 15) is 14.4 Å². The Balaban J connectivity index is 2.68. The average molecular weight is 285 g/mol. The summed E-state index contributed by atoms with van der Waals surface area (Å²) >= 11 is 0. The van der Waals surface area contributed by atoms with Crippen LogP contribution >= 0.6 is 0 Å². The standard InChI is InChI=1S/C13H23N3O4/c1-2-5-13(6-7-15-8-13)12(20)16-9(11(18)19)3-4-10(14)17/h9,15H,2-8H2,1H3,(H2,14,17)(H,16,20)(H,18,19)/t9-,13?/m0/s1. The first-order valence-corrected chi connectivity index (χ1v) is 6.94. The highest BCUT2D eigenvalue weighted by Crippen LogP contribution is 2.31. The first-order chi connectivity index (χ1) is 9.41. The first kappa shape index (κ1) is 16.4. The van der Waals surface area contributed by atoms with Gasteiger partial charge in [0, 0.05) is 13.0 Å². The number of nitrogens with two attached hydrogens (primary N) is 1. The van der Waals surface area contributed by atoms with E-state index in [1.165, 1.54) is 0 Å². The lowest BCUT2D eigenvalue weighted by molar-refractivity contribution is -0.144. The molecule has 0 saturated carbocycles. The Bertz CT molecular complexity index is 378. The summed E-state index contributed by atoms with van der Waals surface area (Å²) in [7, 11) is 0. The second kappa shape index (κ2) is 7.23. The topological polar surface area (TPSA) is 122 Å². The molecule has 20 heavy (non-hydrogen) atoms. The molecule has 1 fully saturated rings. The summed E-state index contributed by atoms with van der Waals surface area (Å²) in [5.74, 6) is -1.96. The minimum atomic E-state index is -1.14. The summed E-state index contributed by atoms with van der Waals surface area (Å²) in [5.41, 5.74) is 4.48. The van der Waals surface area contributed by atoms with Crippen LogP contribution in [0.15, 0.2) is 0 Å². The number of carbonyl (C=O) groups is 3. The fraction of sp³-hybridized carbons (Fsp3) is 0.769. The molecule has 114 valence electrons. The molecule has 1 saturated heterocycles. The maximum Gasteiger partial charge on any atom is 0.326 e. The lowest BCUT2D eigenvalue weighted by atomic mass is 9.81. The summed E-state index contributed by atoms with van der Waals surface area (Å²) in [5, 5.41) is 14.8. The van der Waals surface area contributed by atoms with E-state index in [-0.39, 0.29) is 18.7 Å². The monoisotopic (exact) mass is 285 g/mol. The van der Waals surface area contributed by atoms with Crippen LogP contribution in [-0.2, 0) is 14.4 Å². The van der Waals surface area contributed by atoms with E-state index < -0.39 is 23.3 Å². The fourth-order valence-electron chi connectivity index (χ4n) is 2.60. The molecule has 2 atom stereocenters. The van der Waals surface area contributed by atoms with Gasteiger partial charge in [0.25, 0.3) is 0 Å². The van der Waals surface area contributed by atoms with E-state index in [0.29, 0.717) is 19.4 Å². The molecule has 1 aliphatic heterocycles. The van der Waals surface area contributed by atoms with Gasteiger partial charge in [-0.1, -0.05) is 13.3 Å². The van der Waals surface area contributed by atoms with Gasteiger partial charge in [-0.05, 0) is 25.8 Å². The van der Waals surface area contributed by atoms with E-state index in [2.05, 4.69) is 10.6 Å². The van der Waals surface area contributed by atoms with E-state index in [1.54, 1.807) is 0 Å². The Hall–Kier alpha value is -1.63. The van der Waals surface area contributed by atoms with Gasteiger partial charge in [0.2, 0.25) is 11.8 Å². The van der Waals surface area contributed by atoms with Crippen LogP contribution in [0.4, 0.5) is 0 Å². The predicted molar refractivity (Wildman–Crippen MR) is 72.8 cm³/mol. The highest BCUT2D eigenvalue weighted by molar-refractivity contribution is 5.88. The van der Waals surface area contributed by atoms with Crippen LogP contribution in [0.2, 0.25) is 0 Å². The van der Waals surface area contributed by atoms with Crippen molar-refractivity contribution in [2.24, 2.45) is 11.1 Å². The first-order valence-electron chi connectivity index (χ1n) is 6.94. The normalized spacial score (nSPS) is 23.2. The van der Waals surface area contributed by atoms with Gasteiger partial charge in [0.1, 0.15) is 6.04 Å². The Labute approximate surface area is 118 Å². The lowest BCUT2D eigenvalue weighted by Gasteiger charge is -2.28.